The van der Waals surface area contributed by atoms with Crippen molar-refractivity contribution in [1.29, 1.82) is 0 Å². The molecular weight excluding hydrogens is 304 g/mol. The number of benzene rings is 1. The summed E-state index contributed by atoms with van der Waals surface area (Å²) in [6.45, 7) is 10.0. The molecule has 1 aliphatic rings. The summed E-state index contributed by atoms with van der Waals surface area (Å²) in [6.07, 6.45) is 16.2. The van der Waals surface area contributed by atoms with Crippen molar-refractivity contribution in [2.24, 2.45) is 0 Å². The summed E-state index contributed by atoms with van der Waals surface area (Å²) in [4.78, 5) is 0. The van der Waals surface area contributed by atoms with E-state index in [2.05, 4.69) is 47.6 Å². The lowest BCUT2D eigenvalue weighted by Gasteiger charge is -2.29. The molecule has 0 amide bonds. The first-order valence-electron chi connectivity index (χ1n) is 8.54. The molecule has 2 rings (SSSR count). The van der Waals surface area contributed by atoms with Crippen LogP contribution in [0.15, 0.2) is 108 Å². The van der Waals surface area contributed by atoms with Gasteiger partial charge in [-0.15, -0.1) is 0 Å². The molecule has 128 valence electrons. The molecule has 0 atom stereocenters. The summed E-state index contributed by atoms with van der Waals surface area (Å²) in [6, 6.07) is 10.3. The summed E-state index contributed by atoms with van der Waals surface area (Å²) < 4.78 is 0. The van der Waals surface area contributed by atoms with Crippen molar-refractivity contribution >= 4 is 5.70 Å². The van der Waals surface area contributed by atoms with Gasteiger partial charge in [0.25, 0.3) is 0 Å². The van der Waals surface area contributed by atoms with E-state index in [0.29, 0.717) is 0 Å². The molecule has 1 aromatic rings. The van der Waals surface area contributed by atoms with Crippen molar-refractivity contribution in [2.75, 3.05) is 0 Å². The Morgan fingerprint density at radius 2 is 1.64 bits per heavy atom. The summed E-state index contributed by atoms with van der Waals surface area (Å²) in [5, 5.41) is 7.17. The number of hydrogen-bond donors (Lipinski definition) is 2. The van der Waals surface area contributed by atoms with Crippen LogP contribution < -0.4 is 10.6 Å². The van der Waals surface area contributed by atoms with Gasteiger partial charge in [-0.05, 0) is 32.4 Å². The Labute approximate surface area is 151 Å². The Kier molecular flexibility index (Phi) is 6.85. The number of rotatable bonds is 5. The Balaban J connectivity index is 2.65. The fourth-order valence-electron chi connectivity index (χ4n) is 2.57. The molecule has 1 aromatic carbocycles. The second-order valence-corrected chi connectivity index (χ2v) is 5.53. The van der Waals surface area contributed by atoms with Crippen molar-refractivity contribution in [3.8, 4) is 0 Å². The van der Waals surface area contributed by atoms with E-state index in [0.717, 1.165) is 33.9 Å². The maximum atomic E-state index is 3.99. The Bertz CT molecular complexity index is 785. The van der Waals surface area contributed by atoms with Gasteiger partial charge < -0.3 is 10.6 Å². The van der Waals surface area contributed by atoms with Crippen molar-refractivity contribution in [1.82, 2.24) is 10.6 Å². The molecule has 0 saturated heterocycles. The number of allylic oxidation sites excluding steroid dienone is 8. The second kappa shape index (κ2) is 9.33. The topological polar surface area (TPSA) is 24.1 Å². The molecule has 0 aromatic heterocycles. The van der Waals surface area contributed by atoms with Gasteiger partial charge in [0.15, 0.2) is 0 Å². The smallest absolute Gasteiger partial charge is 0.0703 e. The average Bonchev–Trinajstić information content (AvgIpc) is 2.67. The lowest BCUT2D eigenvalue weighted by molar-refractivity contribution is 0.884. The Morgan fingerprint density at radius 3 is 2.24 bits per heavy atom. The molecule has 0 bridgehead atoms. The van der Waals surface area contributed by atoms with Crippen LogP contribution in [0.3, 0.4) is 0 Å². The molecule has 1 heterocycles. The molecule has 0 aliphatic carbocycles. The summed E-state index contributed by atoms with van der Waals surface area (Å²) >= 11 is 0. The van der Waals surface area contributed by atoms with Crippen LogP contribution in [-0.2, 0) is 0 Å². The third-order valence-corrected chi connectivity index (χ3v) is 3.84. The SMILES string of the molecule is C=C/C(=C\C=C/C)C1=C(c2ccccc2)NC(=C/C=C\C)/C(=C\C)N1. The first-order chi connectivity index (χ1) is 12.2. The average molecular weight is 330 g/mol. The molecule has 1 aliphatic heterocycles. The quantitative estimate of drug-likeness (QED) is 0.687. The lowest BCUT2D eigenvalue weighted by atomic mass is 10.0. The molecular formula is C23H26N2. The van der Waals surface area contributed by atoms with Crippen molar-refractivity contribution < 1.29 is 0 Å². The zero-order valence-electron chi connectivity index (χ0n) is 15.2. The van der Waals surface area contributed by atoms with Gasteiger partial charge in [0.2, 0.25) is 0 Å². The second-order valence-electron chi connectivity index (χ2n) is 5.53. The van der Waals surface area contributed by atoms with Crippen molar-refractivity contribution in [3.05, 3.63) is 114 Å². The third-order valence-electron chi connectivity index (χ3n) is 3.84. The maximum absolute atomic E-state index is 3.99. The molecule has 2 heteroatoms. The van der Waals surface area contributed by atoms with Gasteiger partial charge in [0.1, 0.15) is 0 Å². The molecule has 0 radical (unpaired) electrons. The van der Waals surface area contributed by atoms with Gasteiger partial charge >= 0.3 is 0 Å². The molecule has 25 heavy (non-hydrogen) atoms. The van der Waals surface area contributed by atoms with Crippen LogP contribution in [0.4, 0.5) is 0 Å². The number of hydrogen-bond acceptors (Lipinski definition) is 2. The molecule has 2 nitrogen and oxygen atoms in total. The predicted molar refractivity (Wildman–Crippen MR) is 109 cm³/mol. The van der Waals surface area contributed by atoms with Crippen LogP contribution >= 0.6 is 0 Å². The van der Waals surface area contributed by atoms with Crippen LogP contribution in [0.1, 0.15) is 26.3 Å². The normalized spacial score (nSPS) is 18.9. The maximum Gasteiger partial charge on any atom is 0.0703 e. The van der Waals surface area contributed by atoms with Gasteiger partial charge in [0, 0.05) is 5.56 Å². The highest BCUT2D eigenvalue weighted by molar-refractivity contribution is 5.76. The van der Waals surface area contributed by atoms with E-state index in [-0.39, 0.29) is 0 Å². The third kappa shape index (κ3) is 4.51. The van der Waals surface area contributed by atoms with Crippen LogP contribution in [0.5, 0.6) is 0 Å². The zero-order valence-corrected chi connectivity index (χ0v) is 15.2. The summed E-state index contributed by atoms with van der Waals surface area (Å²) in [5.74, 6) is 0. The van der Waals surface area contributed by atoms with E-state index in [1.165, 1.54) is 0 Å². The predicted octanol–water partition coefficient (Wildman–Crippen LogP) is 5.60. The van der Waals surface area contributed by atoms with E-state index >= 15 is 0 Å². The summed E-state index contributed by atoms with van der Waals surface area (Å²) in [5.41, 5.74) is 6.30. The van der Waals surface area contributed by atoms with E-state index in [9.17, 15) is 0 Å². The molecule has 0 saturated carbocycles. The minimum atomic E-state index is 1.02. The highest BCUT2D eigenvalue weighted by atomic mass is 15.1. The fourth-order valence-corrected chi connectivity index (χ4v) is 2.57. The highest BCUT2D eigenvalue weighted by Gasteiger charge is 2.21. The van der Waals surface area contributed by atoms with E-state index in [1.54, 1.807) is 0 Å². The standard InChI is InChI=1S/C23H26N2/c1-5-9-14-18(7-3)22-23(19-15-12-11-13-16-19)25-21(17-10-6-2)20(8-4)24-22/h5-17,24-25H,3H2,1-2,4H3/b9-5-,10-6-,18-14+,20-8+,21-17+. The summed E-state index contributed by atoms with van der Waals surface area (Å²) in [7, 11) is 0. The monoisotopic (exact) mass is 330 g/mol. The molecule has 0 unspecified atom stereocenters. The van der Waals surface area contributed by atoms with E-state index in [1.807, 2.05) is 69.4 Å². The van der Waals surface area contributed by atoms with Crippen LogP contribution in [0.2, 0.25) is 0 Å². The van der Waals surface area contributed by atoms with Gasteiger partial charge in [-0.2, -0.15) is 0 Å². The Hall–Kier alpha value is -3.00. The van der Waals surface area contributed by atoms with Crippen LogP contribution in [0.25, 0.3) is 5.70 Å². The number of nitrogens with one attached hydrogen (secondary N) is 2. The molecule has 2 N–H and O–H groups in total. The van der Waals surface area contributed by atoms with Crippen LogP contribution in [0, 0.1) is 0 Å². The lowest BCUT2D eigenvalue weighted by Crippen LogP contribution is -2.32. The molecule has 0 spiro atoms. The Morgan fingerprint density at radius 1 is 0.920 bits per heavy atom. The first kappa shape index (κ1) is 18.3. The largest absolute Gasteiger partial charge is 0.352 e. The van der Waals surface area contributed by atoms with Gasteiger partial charge in [0.05, 0.1) is 22.8 Å². The van der Waals surface area contributed by atoms with Crippen LogP contribution in [-0.4, -0.2) is 0 Å². The minimum absolute atomic E-state index is 1.02. The van der Waals surface area contributed by atoms with E-state index < -0.39 is 0 Å². The highest BCUT2D eigenvalue weighted by Crippen LogP contribution is 2.28. The van der Waals surface area contributed by atoms with Crippen molar-refractivity contribution in [3.63, 3.8) is 0 Å². The fraction of sp³-hybridized carbons (Fsp3) is 0.130. The minimum Gasteiger partial charge on any atom is -0.352 e. The zero-order chi connectivity index (χ0) is 18.1. The van der Waals surface area contributed by atoms with Gasteiger partial charge in [-0.3, -0.25) is 0 Å². The van der Waals surface area contributed by atoms with E-state index in [4.69, 9.17) is 0 Å². The van der Waals surface area contributed by atoms with Crippen molar-refractivity contribution in [2.45, 2.75) is 20.8 Å². The first-order valence-corrected chi connectivity index (χ1v) is 8.54. The van der Waals surface area contributed by atoms with Gasteiger partial charge in [-0.1, -0.05) is 79.4 Å². The van der Waals surface area contributed by atoms with Gasteiger partial charge in [-0.25, -0.2) is 0 Å². The molecule has 0 fully saturated rings.